The van der Waals surface area contributed by atoms with Crippen LogP contribution in [0.5, 0.6) is 0 Å². The molecule has 1 saturated carbocycles. The Hall–Kier alpha value is -3.82. The number of rotatable bonds is 8. The fraction of sp³-hybridized carbons (Fsp3) is 0.560. The normalized spacial score (nSPS) is 24.1. The number of alkyl halides is 4. The number of aryl methyl sites for hydroxylation is 1. The number of nitrogens with one attached hydrogen (secondary N) is 2. The van der Waals surface area contributed by atoms with E-state index in [1.807, 2.05) is 5.32 Å². The van der Waals surface area contributed by atoms with Crippen molar-refractivity contribution < 1.29 is 45.3 Å². The van der Waals surface area contributed by atoms with Crippen molar-refractivity contribution in [1.29, 1.82) is 0 Å². The average Bonchev–Trinajstić information content (AvgIpc) is 3.65. The van der Waals surface area contributed by atoms with E-state index in [0.717, 1.165) is 11.0 Å². The summed E-state index contributed by atoms with van der Waals surface area (Å²) in [7, 11) is 1.31. The molecule has 1 aromatic carbocycles. The smallest absolute Gasteiger partial charge is 0.410 e. The van der Waals surface area contributed by atoms with Crippen LogP contribution in [0.2, 0.25) is 0 Å². The number of hydrogen-bond donors (Lipinski definition) is 2. The highest BCUT2D eigenvalue weighted by atomic mass is 19.4. The van der Waals surface area contributed by atoms with Gasteiger partial charge in [0.2, 0.25) is 5.89 Å². The van der Waals surface area contributed by atoms with Gasteiger partial charge >= 0.3 is 12.2 Å². The molecule has 0 radical (unpaired) electrons. The molecule has 0 spiro atoms. The number of carbonyl (C=O) groups is 2. The van der Waals surface area contributed by atoms with Gasteiger partial charge in [0.05, 0.1) is 24.6 Å². The van der Waals surface area contributed by atoms with Gasteiger partial charge in [-0.05, 0) is 55.5 Å². The van der Waals surface area contributed by atoms with E-state index >= 15 is 4.39 Å². The fourth-order valence-electron chi connectivity index (χ4n) is 5.34. The van der Waals surface area contributed by atoms with Gasteiger partial charge in [-0.1, -0.05) is 5.16 Å². The molecular formula is C25H27F5N6O5. The molecule has 16 heteroatoms. The standard InChI is InChI=1S/C25H27F5N6O5/c1-12-19(35-41-34-12)21(37)31-11-24(5-3-14(26)4-6-24)22-32-16-8-13(7-15(27)20(16)40-22)17(10-39-2)36-9-18(25(28,29)30)33-23(36)38/h7-8,14,17-18H,3-6,9-11H2,1-2H3,(H,31,37)(H,33,38)/t14?,17-,18+,24?/m1/s1. The van der Waals surface area contributed by atoms with Gasteiger partial charge in [0, 0.05) is 13.7 Å². The van der Waals surface area contributed by atoms with Crippen LogP contribution in [0.25, 0.3) is 11.1 Å². The largest absolute Gasteiger partial charge is 0.437 e. The molecule has 11 nitrogen and oxygen atoms in total. The van der Waals surface area contributed by atoms with Crippen molar-refractivity contribution >= 4 is 23.0 Å². The van der Waals surface area contributed by atoms with Gasteiger partial charge < -0.3 is 24.7 Å². The number of halogens is 5. The Balaban J connectivity index is 1.47. The predicted octanol–water partition coefficient (Wildman–Crippen LogP) is 3.88. The number of benzene rings is 1. The molecule has 2 aromatic heterocycles. The number of aromatic nitrogens is 3. The molecule has 1 saturated heterocycles. The van der Waals surface area contributed by atoms with Crippen LogP contribution in [-0.2, 0) is 10.2 Å². The summed E-state index contributed by atoms with van der Waals surface area (Å²) in [4.78, 5) is 30.5. The van der Waals surface area contributed by atoms with Gasteiger partial charge in [0.1, 0.15) is 23.4 Å². The van der Waals surface area contributed by atoms with E-state index in [9.17, 15) is 27.2 Å². The second-order valence-corrected chi connectivity index (χ2v) is 10.4. The summed E-state index contributed by atoms with van der Waals surface area (Å²) in [6.45, 7) is 0.624. The van der Waals surface area contributed by atoms with Gasteiger partial charge in [-0.3, -0.25) is 4.79 Å². The van der Waals surface area contributed by atoms with Crippen LogP contribution >= 0.6 is 0 Å². The summed E-state index contributed by atoms with van der Waals surface area (Å²) >= 11 is 0. The minimum atomic E-state index is -4.66. The van der Waals surface area contributed by atoms with Crippen LogP contribution < -0.4 is 10.6 Å². The lowest BCUT2D eigenvalue weighted by Gasteiger charge is -2.35. The molecule has 2 fully saturated rings. The second-order valence-electron chi connectivity index (χ2n) is 10.4. The number of urea groups is 1. The van der Waals surface area contributed by atoms with Crippen molar-refractivity contribution in [1.82, 2.24) is 30.8 Å². The molecule has 2 N–H and O–H groups in total. The molecule has 3 heterocycles. The summed E-state index contributed by atoms with van der Waals surface area (Å²) < 4.78 is 84.9. The molecule has 3 aromatic rings. The van der Waals surface area contributed by atoms with Crippen molar-refractivity contribution in [2.24, 2.45) is 0 Å². The van der Waals surface area contributed by atoms with E-state index in [-0.39, 0.29) is 72.8 Å². The first kappa shape index (κ1) is 28.7. The summed E-state index contributed by atoms with van der Waals surface area (Å²) in [6, 6.07) is -1.63. The van der Waals surface area contributed by atoms with E-state index in [4.69, 9.17) is 9.15 Å². The van der Waals surface area contributed by atoms with Gasteiger partial charge in [-0.2, -0.15) is 13.2 Å². The molecule has 2 atom stereocenters. The zero-order valence-corrected chi connectivity index (χ0v) is 22.1. The highest BCUT2D eigenvalue weighted by Crippen LogP contribution is 2.42. The van der Waals surface area contributed by atoms with Crippen LogP contribution in [0.4, 0.5) is 26.7 Å². The third kappa shape index (κ3) is 5.56. The number of methoxy groups -OCH3 is 1. The Labute approximate surface area is 229 Å². The molecule has 2 aliphatic rings. The summed E-state index contributed by atoms with van der Waals surface area (Å²) in [5, 5.41) is 11.8. The maximum absolute atomic E-state index is 15.4. The van der Waals surface area contributed by atoms with E-state index in [1.165, 1.54) is 13.2 Å². The third-order valence-electron chi connectivity index (χ3n) is 7.67. The molecule has 5 rings (SSSR count). The SMILES string of the molecule is COC[C@H](c1cc(F)c2oc(C3(CNC(=O)c4nonc4C)CCC(F)CC3)nc2c1)N1C[C@@H](C(F)(F)F)NC1=O. The third-order valence-corrected chi connectivity index (χ3v) is 7.67. The molecule has 222 valence electrons. The number of amides is 3. The van der Waals surface area contributed by atoms with Crippen molar-refractivity contribution in [2.75, 3.05) is 26.8 Å². The van der Waals surface area contributed by atoms with Crippen LogP contribution in [-0.4, -0.2) is 77.3 Å². The first-order chi connectivity index (χ1) is 19.4. The van der Waals surface area contributed by atoms with Gasteiger partial charge in [-0.15, -0.1) is 0 Å². The lowest BCUT2D eigenvalue weighted by Crippen LogP contribution is -2.44. The van der Waals surface area contributed by atoms with Crippen molar-refractivity contribution in [3.63, 3.8) is 0 Å². The zero-order valence-electron chi connectivity index (χ0n) is 22.1. The quantitative estimate of drug-likeness (QED) is 0.380. The van der Waals surface area contributed by atoms with Crippen LogP contribution in [0.15, 0.2) is 21.2 Å². The van der Waals surface area contributed by atoms with Crippen molar-refractivity contribution in [3.8, 4) is 0 Å². The van der Waals surface area contributed by atoms with E-state index in [0.29, 0.717) is 0 Å². The Morgan fingerprint density at radius 2 is 2.02 bits per heavy atom. The van der Waals surface area contributed by atoms with Crippen LogP contribution in [0, 0.1) is 12.7 Å². The highest BCUT2D eigenvalue weighted by molar-refractivity contribution is 5.93. The summed E-state index contributed by atoms with van der Waals surface area (Å²) in [6.07, 6.45) is -4.92. The maximum Gasteiger partial charge on any atom is 0.410 e. The molecule has 41 heavy (non-hydrogen) atoms. The number of ether oxygens (including phenoxy) is 1. The van der Waals surface area contributed by atoms with Crippen molar-refractivity contribution in [3.05, 3.63) is 40.8 Å². The second kappa shape index (κ2) is 10.9. The molecule has 0 unspecified atom stereocenters. The minimum Gasteiger partial charge on any atom is -0.437 e. The van der Waals surface area contributed by atoms with Crippen LogP contribution in [0.3, 0.4) is 0 Å². The number of carbonyl (C=O) groups excluding carboxylic acids is 2. The maximum atomic E-state index is 15.4. The summed E-state index contributed by atoms with van der Waals surface area (Å²) in [5.74, 6) is -1.35. The molecule has 0 bridgehead atoms. The van der Waals surface area contributed by atoms with Crippen LogP contribution in [0.1, 0.15) is 59.4 Å². The monoisotopic (exact) mass is 586 g/mol. The topological polar surface area (TPSA) is 136 Å². The highest BCUT2D eigenvalue weighted by Gasteiger charge is 2.49. The molecule has 1 aliphatic carbocycles. The Morgan fingerprint density at radius 1 is 1.29 bits per heavy atom. The number of hydrogen-bond acceptors (Lipinski definition) is 8. The summed E-state index contributed by atoms with van der Waals surface area (Å²) in [5.41, 5.74) is -0.736. The lowest BCUT2D eigenvalue weighted by molar-refractivity contribution is -0.150. The van der Waals surface area contributed by atoms with Gasteiger partial charge in [-0.25, -0.2) is 23.2 Å². The lowest BCUT2D eigenvalue weighted by atomic mass is 9.73. The van der Waals surface area contributed by atoms with Gasteiger partial charge in [0.25, 0.3) is 5.91 Å². The molecular weight excluding hydrogens is 559 g/mol. The molecule has 1 aliphatic heterocycles. The predicted molar refractivity (Wildman–Crippen MR) is 130 cm³/mol. The molecule has 3 amide bonds. The van der Waals surface area contributed by atoms with E-state index in [2.05, 4.69) is 25.2 Å². The first-order valence-electron chi connectivity index (χ1n) is 12.9. The van der Waals surface area contributed by atoms with E-state index < -0.39 is 54.1 Å². The fourth-order valence-corrected chi connectivity index (χ4v) is 5.34. The van der Waals surface area contributed by atoms with Crippen molar-refractivity contribution in [2.45, 2.75) is 62.5 Å². The number of fused-ring (bicyclic) bond motifs is 1. The minimum absolute atomic E-state index is 0.0181. The number of oxazole rings is 1. The Bertz CT molecular complexity index is 1430. The Kier molecular flexibility index (Phi) is 7.61. The van der Waals surface area contributed by atoms with E-state index in [1.54, 1.807) is 6.92 Å². The van der Waals surface area contributed by atoms with Gasteiger partial charge in [0.15, 0.2) is 17.1 Å². The first-order valence-corrected chi connectivity index (χ1v) is 12.9. The Morgan fingerprint density at radius 3 is 2.63 bits per heavy atom. The number of nitrogens with zero attached hydrogens (tertiary/aromatic N) is 4. The zero-order chi connectivity index (χ0) is 29.5. The average molecular weight is 587 g/mol.